The van der Waals surface area contributed by atoms with Crippen LogP contribution in [0, 0.1) is 11.3 Å². The molecule has 0 radical (unpaired) electrons. The van der Waals surface area contributed by atoms with Crippen LogP contribution in [0.4, 0.5) is 0 Å². The molecule has 6 heteroatoms. The van der Waals surface area contributed by atoms with Crippen molar-refractivity contribution in [2.75, 3.05) is 7.11 Å². The number of carbonyl (C=O) groups excluding carboxylic acids is 2. The number of rotatable bonds is 7. The fourth-order valence-electron chi connectivity index (χ4n) is 2.78. The van der Waals surface area contributed by atoms with Crippen LogP contribution in [0.25, 0.3) is 6.08 Å². The number of carbonyl (C=O) groups is 2. The van der Waals surface area contributed by atoms with Gasteiger partial charge in [0, 0.05) is 6.54 Å². The Hall–Kier alpha value is -4.37. The Morgan fingerprint density at radius 3 is 2.29 bits per heavy atom. The number of methoxy groups -OCH3 is 1. The van der Waals surface area contributed by atoms with Gasteiger partial charge in [0.15, 0.2) is 11.5 Å². The van der Waals surface area contributed by atoms with E-state index in [-0.39, 0.29) is 11.3 Å². The van der Waals surface area contributed by atoms with E-state index >= 15 is 0 Å². The summed E-state index contributed by atoms with van der Waals surface area (Å²) in [6, 6.07) is 24.7. The van der Waals surface area contributed by atoms with Crippen LogP contribution < -0.4 is 14.8 Å². The zero-order chi connectivity index (χ0) is 22.1. The Bertz CT molecular complexity index is 1130. The Kier molecular flexibility index (Phi) is 7.17. The Morgan fingerprint density at radius 2 is 1.65 bits per heavy atom. The summed E-state index contributed by atoms with van der Waals surface area (Å²) in [5, 5.41) is 12.1. The lowest BCUT2D eigenvalue weighted by molar-refractivity contribution is -0.117. The summed E-state index contributed by atoms with van der Waals surface area (Å²) in [5.74, 6) is -0.453. The van der Waals surface area contributed by atoms with Crippen molar-refractivity contribution in [3.05, 3.63) is 101 Å². The fourth-order valence-corrected chi connectivity index (χ4v) is 2.78. The van der Waals surface area contributed by atoms with Crippen molar-refractivity contribution in [3.8, 4) is 17.6 Å². The summed E-state index contributed by atoms with van der Waals surface area (Å²) in [4.78, 5) is 24.7. The molecule has 0 heterocycles. The van der Waals surface area contributed by atoms with E-state index in [1.54, 1.807) is 48.5 Å². The van der Waals surface area contributed by atoms with Gasteiger partial charge in [0.2, 0.25) is 0 Å². The standard InChI is InChI=1S/C25H20N2O4/c1-30-23-15-19(12-13-22(23)31-25(29)20-10-6-3-7-11-20)14-21(16-26)24(28)27-17-18-8-4-2-5-9-18/h2-15H,17H2,1H3,(H,27,28)/b21-14+. The lowest BCUT2D eigenvalue weighted by Crippen LogP contribution is -2.23. The third-order valence-electron chi connectivity index (χ3n) is 4.37. The second kappa shape index (κ2) is 10.4. The number of nitrogens with one attached hydrogen (secondary N) is 1. The summed E-state index contributed by atoms with van der Waals surface area (Å²) < 4.78 is 10.7. The lowest BCUT2D eigenvalue weighted by Gasteiger charge is -2.10. The third-order valence-corrected chi connectivity index (χ3v) is 4.37. The topological polar surface area (TPSA) is 88.4 Å². The first kappa shape index (κ1) is 21.3. The van der Waals surface area contributed by atoms with Crippen LogP contribution in [-0.2, 0) is 11.3 Å². The van der Waals surface area contributed by atoms with Gasteiger partial charge < -0.3 is 14.8 Å². The van der Waals surface area contributed by atoms with E-state index in [2.05, 4.69) is 5.32 Å². The molecule has 0 bridgehead atoms. The van der Waals surface area contributed by atoms with Crippen LogP contribution in [0.5, 0.6) is 11.5 Å². The minimum atomic E-state index is -0.514. The maximum absolute atomic E-state index is 12.4. The molecule has 6 nitrogen and oxygen atoms in total. The molecule has 0 fully saturated rings. The molecule has 0 aliphatic carbocycles. The van der Waals surface area contributed by atoms with Gasteiger partial charge >= 0.3 is 5.97 Å². The second-order valence-electron chi connectivity index (χ2n) is 6.50. The summed E-state index contributed by atoms with van der Waals surface area (Å²) in [6.45, 7) is 0.316. The summed E-state index contributed by atoms with van der Waals surface area (Å²) in [6.07, 6.45) is 1.45. The lowest BCUT2D eigenvalue weighted by atomic mass is 10.1. The molecule has 31 heavy (non-hydrogen) atoms. The molecular weight excluding hydrogens is 392 g/mol. The smallest absolute Gasteiger partial charge is 0.343 e. The van der Waals surface area contributed by atoms with Crippen molar-refractivity contribution in [3.63, 3.8) is 0 Å². The minimum absolute atomic E-state index is 0.0491. The SMILES string of the molecule is COc1cc(/C=C(\C#N)C(=O)NCc2ccccc2)ccc1OC(=O)c1ccccc1. The number of hydrogen-bond donors (Lipinski definition) is 1. The van der Waals surface area contributed by atoms with E-state index in [4.69, 9.17) is 9.47 Å². The molecule has 3 aromatic carbocycles. The van der Waals surface area contributed by atoms with Crippen molar-refractivity contribution in [1.29, 1.82) is 5.26 Å². The number of hydrogen-bond acceptors (Lipinski definition) is 5. The number of nitriles is 1. The third kappa shape index (κ3) is 5.81. The Labute approximate surface area is 180 Å². The largest absolute Gasteiger partial charge is 0.493 e. The molecule has 0 saturated heterocycles. The van der Waals surface area contributed by atoms with Crippen LogP contribution in [0.3, 0.4) is 0 Å². The van der Waals surface area contributed by atoms with Crippen molar-refractivity contribution in [2.45, 2.75) is 6.54 Å². The van der Waals surface area contributed by atoms with Gasteiger partial charge in [-0.1, -0.05) is 54.6 Å². The molecule has 0 saturated carbocycles. The van der Waals surface area contributed by atoms with Gasteiger partial charge in [-0.25, -0.2) is 4.79 Å². The van der Waals surface area contributed by atoms with Gasteiger partial charge in [-0.2, -0.15) is 5.26 Å². The first-order chi connectivity index (χ1) is 15.1. The highest BCUT2D eigenvalue weighted by Gasteiger charge is 2.14. The monoisotopic (exact) mass is 412 g/mol. The van der Waals surface area contributed by atoms with Crippen molar-refractivity contribution >= 4 is 18.0 Å². The first-order valence-corrected chi connectivity index (χ1v) is 9.50. The van der Waals surface area contributed by atoms with Crippen LogP contribution in [0.15, 0.2) is 84.4 Å². The molecule has 3 rings (SSSR count). The molecular formula is C25H20N2O4. The van der Waals surface area contributed by atoms with Crippen molar-refractivity contribution < 1.29 is 19.1 Å². The molecule has 1 N–H and O–H groups in total. The number of amides is 1. The Morgan fingerprint density at radius 1 is 0.968 bits per heavy atom. The van der Waals surface area contributed by atoms with Gasteiger partial charge in [0.1, 0.15) is 11.6 Å². The average molecular weight is 412 g/mol. The first-order valence-electron chi connectivity index (χ1n) is 9.50. The molecule has 0 aromatic heterocycles. The maximum atomic E-state index is 12.4. The predicted octanol–water partition coefficient (Wildman–Crippen LogP) is 4.14. The van der Waals surface area contributed by atoms with Gasteiger partial charge in [-0.3, -0.25) is 4.79 Å². The highest BCUT2D eigenvalue weighted by molar-refractivity contribution is 6.01. The molecule has 0 atom stereocenters. The van der Waals surface area contributed by atoms with Gasteiger partial charge in [-0.05, 0) is 41.5 Å². The van der Waals surface area contributed by atoms with E-state index in [0.29, 0.717) is 23.4 Å². The van der Waals surface area contributed by atoms with Gasteiger partial charge in [0.05, 0.1) is 12.7 Å². The number of ether oxygens (including phenoxy) is 2. The fraction of sp³-hybridized carbons (Fsp3) is 0.0800. The molecule has 0 spiro atoms. The van der Waals surface area contributed by atoms with Crippen molar-refractivity contribution in [1.82, 2.24) is 5.32 Å². The van der Waals surface area contributed by atoms with Crippen LogP contribution in [-0.4, -0.2) is 19.0 Å². The molecule has 0 unspecified atom stereocenters. The number of benzene rings is 3. The average Bonchev–Trinajstić information content (AvgIpc) is 2.82. The molecule has 154 valence electrons. The van der Waals surface area contributed by atoms with Crippen LogP contribution in [0.2, 0.25) is 0 Å². The highest BCUT2D eigenvalue weighted by atomic mass is 16.6. The van der Waals surface area contributed by atoms with Crippen LogP contribution >= 0.6 is 0 Å². The van der Waals surface area contributed by atoms with E-state index in [9.17, 15) is 14.9 Å². The van der Waals surface area contributed by atoms with E-state index in [1.807, 2.05) is 36.4 Å². The zero-order valence-electron chi connectivity index (χ0n) is 16.9. The van der Waals surface area contributed by atoms with E-state index in [1.165, 1.54) is 13.2 Å². The summed E-state index contributed by atoms with van der Waals surface area (Å²) in [5.41, 5.74) is 1.85. The van der Waals surface area contributed by atoms with Crippen LogP contribution in [0.1, 0.15) is 21.5 Å². The number of esters is 1. The minimum Gasteiger partial charge on any atom is -0.493 e. The summed E-state index contributed by atoms with van der Waals surface area (Å²) >= 11 is 0. The van der Waals surface area contributed by atoms with Crippen molar-refractivity contribution in [2.24, 2.45) is 0 Å². The summed E-state index contributed by atoms with van der Waals surface area (Å²) in [7, 11) is 1.44. The molecule has 3 aromatic rings. The van der Waals surface area contributed by atoms with Gasteiger partial charge in [0.25, 0.3) is 5.91 Å². The van der Waals surface area contributed by atoms with Gasteiger partial charge in [-0.15, -0.1) is 0 Å². The Balaban J connectivity index is 1.74. The zero-order valence-corrected chi connectivity index (χ0v) is 16.9. The second-order valence-corrected chi connectivity index (χ2v) is 6.50. The highest BCUT2D eigenvalue weighted by Crippen LogP contribution is 2.29. The molecule has 1 amide bonds. The molecule has 0 aliphatic rings. The normalized spacial score (nSPS) is 10.6. The van der Waals surface area contributed by atoms with E-state index < -0.39 is 11.9 Å². The predicted molar refractivity (Wildman–Crippen MR) is 116 cm³/mol. The van der Waals surface area contributed by atoms with E-state index in [0.717, 1.165) is 5.56 Å². The molecule has 0 aliphatic heterocycles. The quantitative estimate of drug-likeness (QED) is 0.273. The maximum Gasteiger partial charge on any atom is 0.343 e. The number of nitrogens with zero attached hydrogens (tertiary/aromatic N) is 1.